The van der Waals surface area contributed by atoms with Crippen LogP contribution in [0.3, 0.4) is 0 Å². The van der Waals surface area contributed by atoms with Gasteiger partial charge in [-0.25, -0.2) is 0 Å². The fourth-order valence-electron chi connectivity index (χ4n) is 1.29. The lowest BCUT2D eigenvalue weighted by atomic mass is 9.97. The van der Waals surface area contributed by atoms with E-state index >= 15 is 0 Å². The third-order valence-electron chi connectivity index (χ3n) is 2.04. The smallest absolute Gasteiger partial charge is 0.311 e. The molecule has 0 fully saturated rings. The Kier molecular flexibility index (Phi) is 3.37. The van der Waals surface area contributed by atoms with Gasteiger partial charge in [0.1, 0.15) is 0 Å². The summed E-state index contributed by atoms with van der Waals surface area (Å²) >= 11 is 4.03. The number of hydrogen-bond donors (Lipinski definition) is 2. The molecule has 0 aliphatic carbocycles. The molecule has 1 unspecified atom stereocenters. The van der Waals surface area contributed by atoms with Crippen LogP contribution in [0.2, 0.25) is 0 Å². The monoisotopic (exact) mass is 196 g/mol. The van der Waals surface area contributed by atoms with Crippen molar-refractivity contribution >= 4 is 18.6 Å². The molecule has 0 aliphatic heterocycles. The van der Waals surface area contributed by atoms with Crippen molar-refractivity contribution in [1.29, 1.82) is 0 Å². The zero-order chi connectivity index (χ0) is 9.84. The molecule has 1 aromatic carbocycles. The molecule has 13 heavy (non-hydrogen) atoms. The number of aryl methyl sites for hydroxylation is 1. The van der Waals surface area contributed by atoms with Crippen molar-refractivity contribution < 1.29 is 9.90 Å². The lowest BCUT2D eigenvalue weighted by Crippen LogP contribution is -2.14. The van der Waals surface area contributed by atoms with Gasteiger partial charge in [0.2, 0.25) is 0 Å². The lowest BCUT2D eigenvalue weighted by Gasteiger charge is -2.11. The summed E-state index contributed by atoms with van der Waals surface area (Å²) in [5.41, 5.74) is 1.86. The van der Waals surface area contributed by atoms with Crippen LogP contribution in [-0.2, 0) is 4.79 Å². The molecule has 0 aliphatic rings. The van der Waals surface area contributed by atoms with Gasteiger partial charge in [0, 0.05) is 5.75 Å². The molecule has 1 atom stereocenters. The van der Waals surface area contributed by atoms with E-state index in [4.69, 9.17) is 5.11 Å². The highest BCUT2D eigenvalue weighted by Gasteiger charge is 2.18. The highest BCUT2D eigenvalue weighted by atomic mass is 32.1. The van der Waals surface area contributed by atoms with Crippen LogP contribution in [0.25, 0.3) is 0 Å². The number of rotatable bonds is 3. The second-order valence-corrected chi connectivity index (χ2v) is 3.30. The van der Waals surface area contributed by atoms with Crippen LogP contribution in [0.1, 0.15) is 17.0 Å². The van der Waals surface area contributed by atoms with E-state index in [-0.39, 0.29) is 0 Å². The topological polar surface area (TPSA) is 37.3 Å². The summed E-state index contributed by atoms with van der Waals surface area (Å²) in [6.07, 6.45) is 0. The highest BCUT2D eigenvalue weighted by molar-refractivity contribution is 7.80. The molecule has 0 saturated carbocycles. The third kappa shape index (κ3) is 2.25. The Hall–Kier alpha value is -0.960. The van der Waals surface area contributed by atoms with E-state index in [1.165, 1.54) is 0 Å². The van der Waals surface area contributed by atoms with Gasteiger partial charge in [0.05, 0.1) is 5.92 Å². The number of hydrogen-bond acceptors (Lipinski definition) is 2. The number of aliphatic carboxylic acids is 1. The first-order valence-corrected chi connectivity index (χ1v) is 4.69. The van der Waals surface area contributed by atoms with Crippen LogP contribution in [0, 0.1) is 6.92 Å². The second kappa shape index (κ2) is 4.33. The third-order valence-corrected chi connectivity index (χ3v) is 2.41. The minimum Gasteiger partial charge on any atom is -0.481 e. The SMILES string of the molecule is Cc1ccccc1C(CS)C(=O)O. The predicted molar refractivity (Wildman–Crippen MR) is 55.4 cm³/mol. The molecule has 0 aromatic heterocycles. The zero-order valence-corrected chi connectivity index (χ0v) is 8.29. The molecular weight excluding hydrogens is 184 g/mol. The van der Waals surface area contributed by atoms with Gasteiger partial charge in [-0.3, -0.25) is 4.79 Å². The number of carboxylic acids is 1. The van der Waals surface area contributed by atoms with Crippen LogP contribution in [0.5, 0.6) is 0 Å². The van der Waals surface area contributed by atoms with Crippen molar-refractivity contribution in [3.05, 3.63) is 35.4 Å². The summed E-state index contributed by atoms with van der Waals surface area (Å²) in [4.78, 5) is 10.8. The molecule has 0 saturated heterocycles. The molecule has 0 radical (unpaired) electrons. The van der Waals surface area contributed by atoms with Gasteiger partial charge in [-0.05, 0) is 18.1 Å². The van der Waals surface area contributed by atoms with E-state index in [0.717, 1.165) is 11.1 Å². The van der Waals surface area contributed by atoms with Gasteiger partial charge < -0.3 is 5.11 Å². The predicted octanol–water partition coefficient (Wildman–Crippen LogP) is 2.09. The molecule has 0 amide bonds. The van der Waals surface area contributed by atoms with Gasteiger partial charge in [-0.2, -0.15) is 12.6 Å². The molecule has 1 aromatic rings. The summed E-state index contributed by atoms with van der Waals surface area (Å²) in [7, 11) is 0. The Labute approximate surface area is 83.0 Å². The van der Waals surface area contributed by atoms with E-state index in [0.29, 0.717) is 5.75 Å². The Morgan fingerprint density at radius 2 is 2.15 bits per heavy atom. The quantitative estimate of drug-likeness (QED) is 0.726. The average molecular weight is 196 g/mol. The highest BCUT2D eigenvalue weighted by Crippen LogP contribution is 2.20. The van der Waals surface area contributed by atoms with Crippen molar-refractivity contribution in [2.45, 2.75) is 12.8 Å². The Morgan fingerprint density at radius 3 is 2.62 bits per heavy atom. The van der Waals surface area contributed by atoms with Crippen LogP contribution < -0.4 is 0 Å². The number of benzene rings is 1. The largest absolute Gasteiger partial charge is 0.481 e. The number of carboxylic acid groups (broad SMARTS) is 1. The van der Waals surface area contributed by atoms with Gasteiger partial charge in [-0.15, -0.1) is 0 Å². The maximum atomic E-state index is 10.8. The van der Waals surface area contributed by atoms with Crippen molar-refractivity contribution in [3.8, 4) is 0 Å². The molecule has 3 heteroatoms. The number of thiol groups is 1. The summed E-state index contributed by atoms with van der Waals surface area (Å²) in [6, 6.07) is 7.50. The Balaban J connectivity index is 3.04. The van der Waals surface area contributed by atoms with E-state index < -0.39 is 11.9 Å². The first kappa shape index (κ1) is 10.1. The van der Waals surface area contributed by atoms with Crippen molar-refractivity contribution in [1.82, 2.24) is 0 Å². The standard InChI is InChI=1S/C10H12O2S/c1-7-4-2-3-5-8(7)9(6-13)10(11)12/h2-5,9,13H,6H2,1H3,(H,11,12). The first-order chi connectivity index (χ1) is 6.16. The average Bonchev–Trinajstić information content (AvgIpc) is 2.09. The summed E-state index contributed by atoms with van der Waals surface area (Å²) in [6.45, 7) is 1.91. The van der Waals surface area contributed by atoms with Crippen molar-refractivity contribution in [3.63, 3.8) is 0 Å². The van der Waals surface area contributed by atoms with Crippen molar-refractivity contribution in [2.75, 3.05) is 5.75 Å². The van der Waals surface area contributed by atoms with Gasteiger partial charge in [0.15, 0.2) is 0 Å². The fraction of sp³-hybridized carbons (Fsp3) is 0.300. The van der Waals surface area contributed by atoms with Gasteiger partial charge >= 0.3 is 5.97 Å². The normalized spacial score (nSPS) is 12.5. The summed E-state index contributed by atoms with van der Waals surface area (Å²) < 4.78 is 0. The van der Waals surface area contributed by atoms with Gasteiger partial charge in [0.25, 0.3) is 0 Å². The van der Waals surface area contributed by atoms with E-state index in [2.05, 4.69) is 12.6 Å². The van der Waals surface area contributed by atoms with Crippen molar-refractivity contribution in [2.24, 2.45) is 0 Å². The minimum atomic E-state index is -0.815. The molecule has 1 rings (SSSR count). The molecule has 70 valence electrons. The lowest BCUT2D eigenvalue weighted by molar-refractivity contribution is -0.138. The molecule has 0 heterocycles. The van der Waals surface area contributed by atoms with Crippen LogP contribution in [0.15, 0.2) is 24.3 Å². The molecule has 2 nitrogen and oxygen atoms in total. The first-order valence-electron chi connectivity index (χ1n) is 4.06. The van der Waals surface area contributed by atoms with Crippen LogP contribution in [0.4, 0.5) is 0 Å². The zero-order valence-electron chi connectivity index (χ0n) is 7.40. The Morgan fingerprint density at radius 1 is 1.54 bits per heavy atom. The molecule has 0 bridgehead atoms. The van der Waals surface area contributed by atoms with E-state index in [1.807, 2.05) is 31.2 Å². The van der Waals surface area contributed by atoms with Crippen LogP contribution in [-0.4, -0.2) is 16.8 Å². The molecular formula is C10H12O2S. The number of carbonyl (C=O) groups is 1. The fourth-order valence-corrected chi connectivity index (χ4v) is 1.64. The Bertz CT molecular complexity index is 310. The molecule has 0 spiro atoms. The van der Waals surface area contributed by atoms with Crippen LogP contribution >= 0.6 is 12.6 Å². The minimum absolute atomic E-state index is 0.334. The maximum Gasteiger partial charge on any atom is 0.311 e. The summed E-state index contributed by atoms with van der Waals surface area (Å²) in [5.74, 6) is -0.978. The maximum absolute atomic E-state index is 10.8. The second-order valence-electron chi connectivity index (χ2n) is 2.93. The molecule has 1 N–H and O–H groups in total. The van der Waals surface area contributed by atoms with E-state index in [1.54, 1.807) is 0 Å². The van der Waals surface area contributed by atoms with Gasteiger partial charge in [-0.1, -0.05) is 24.3 Å². The van der Waals surface area contributed by atoms with E-state index in [9.17, 15) is 4.79 Å². The summed E-state index contributed by atoms with van der Waals surface area (Å²) in [5, 5.41) is 8.90.